The van der Waals surface area contributed by atoms with Gasteiger partial charge in [0, 0.05) is 24.1 Å². The van der Waals surface area contributed by atoms with E-state index >= 15 is 0 Å². The fourth-order valence-corrected chi connectivity index (χ4v) is 5.15. The van der Waals surface area contributed by atoms with E-state index in [2.05, 4.69) is 15.6 Å². The first-order valence-corrected chi connectivity index (χ1v) is 12.4. The zero-order valence-electron chi connectivity index (χ0n) is 18.7. The fraction of sp³-hybridized carbons (Fsp3) is 0.364. The molecule has 10 nitrogen and oxygen atoms in total. The van der Waals surface area contributed by atoms with Crippen molar-refractivity contribution in [2.75, 3.05) is 6.54 Å². The summed E-state index contributed by atoms with van der Waals surface area (Å²) in [5.41, 5.74) is 2.60. The smallest absolute Gasteiger partial charge is 0.273 e. The third-order valence-corrected chi connectivity index (χ3v) is 7.36. The Labute approximate surface area is 204 Å². The van der Waals surface area contributed by atoms with Crippen molar-refractivity contribution in [3.05, 3.63) is 69.8 Å². The number of carbonyl (C=O) groups is 2. The van der Waals surface area contributed by atoms with Crippen LogP contribution in [0.2, 0.25) is 0 Å². The number of hydrazine groups is 1. The van der Waals surface area contributed by atoms with Crippen LogP contribution in [0, 0.1) is 22.0 Å². The summed E-state index contributed by atoms with van der Waals surface area (Å²) in [4.78, 5) is 33.6. The molecule has 0 aromatic heterocycles. The van der Waals surface area contributed by atoms with E-state index in [9.17, 15) is 41.3 Å². The van der Waals surface area contributed by atoms with Crippen molar-refractivity contribution in [2.24, 2.45) is 11.8 Å². The summed E-state index contributed by atoms with van der Waals surface area (Å²) >= 11 is 0. The Morgan fingerprint density at radius 1 is 1.00 bits per heavy atom. The molecule has 194 valence electrons. The Kier molecular flexibility index (Phi) is 8.30. The molecular weight excluding hydrogens is 505 g/mol. The van der Waals surface area contributed by atoms with Crippen molar-refractivity contribution in [1.29, 1.82) is 0 Å². The summed E-state index contributed by atoms with van der Waals surface area (Å²) in [5, 5.41) is 11.2. The molecule has 1 saturated carbocycles. The maximum atomic E-state index is 12.9. The van der Waals surface area contributed by atoms with Gasteiger partial charge in [0.1, 0.15) is 0 Å². The van der Waals surface area contributed by atoms with E-state index in [0.717, 1.165) is 0 Å². The highest BCUT2D eigenvalue weighted by molar-refractivity contribution is 7.89. The predicted molar refractivity (Wildman–Crippen MR) is 121 cm³/mol. The van der Waals surface area contributed by atoms with Crippen molar-refractivity contribution in [3.8, 4) is 0 Å². The number of sulfonamides is 1. The van der Waals surface area contributed by atoms with Crippen LogP contribution >= 0.6 is 0 Å². The molecule has 2 aromatic rings. The molecule has 3 rings (SSSR count). The Bertz CT molecular complexity index is 1230. The van der Waals surface area contributed by atoms with Crippen LogP contribution in [0.4, 0.5) is 18.9 Å². The third kappa shape index (κ3) is 6.79. The van der Waals surface area contributed by atoms with E-state index in [1.54, 1.807) is 30.3 Å². The average Bonchev–Trinajstić information content (AvgIpc) is 2.85. The van der Waals surface area contributed by atoms with E-state index in [4.69, 9.17) is 0 Å². The van der Waals surface area contributed by atoms with Crippen LogP contribution in [0.1, 0.15) is 41.6 Å². The van der Waals surface area contributed by atoms with Gasteiger partial charge in [-0.1, -0.05) is 18.2 Å². The van der Waals surface area contributed by atoms with Crippen molar-refractivity contribution in [3.63, 3.8) is 0 Å². The summed E-state index contributed by atoms with van der Waals surface area (Å²) in [7, 11) is -4.46. The van der Waals surface area contributed by atoms with E-state index in [1.165, 1.54) is 0 Å². The lowest BCUT2D eigenvalue weighted by molar-refractivity contribution is -0.388. The number of amides is 2. The highest BCUT2D eigenvalue weighted by Gasteiger charge is 2.36. The van der Waals surface area contributed by atoms with Gasteiger partial charge in [-0.2, -0.15) is 13.2 Å². The molecule has 0 atom stereocenters. The van der Waals surface area contributed by atoms with Crippen LogP contribution in [0.25, 0.3) is 0 Å². The topological polar surface area (TPSA) is 148 Å². The number of hydrogen-bond acceptors (Lipinski definition) is 6. The summed E-state index contributed by atoms with van der Waals surface area (Å²) in [6.45, 7) is -0.0976. The second-order valence-corrected chi connectivity index (χ2v) is 10.1. The molecule has 0 bridgehead atoms. The molecule has 0 heterocycles. The Morgan fingerprint density at radius 3 is 2.22 bits per heavy atom. The Balaban J connectivity index is 1.52. The average molecular weight is 529 g/mol. The van der Waals surface area contributed by atoms with E-state index in [0.29, 0.717) is 43.4 Å². The molecule has 0 spiro atoms. The minimum Gasteiger partial charge on any atom is -0.273 e. The zero-order chi connectivity index (χ0) is 26.5. The zero-order valence-corrected chi connectivity index (χ0v) is 19.6. The largest absolute Gasteiger partial charge is 0.416 e. The van der Waals surface area contributed by atoms with Gasteiger partial charge in [-0.3, -0.25) is 30.6 Å². The third-order valence-electron chi connectivity index (χ3n) is 5.89. The molecule has 3 N–H and O–H groups in total. The van der Waals surface area contributed by atoms with Crippen LogP contribution in [0.5, 0.6) is 0 Å². The van der Waals surface area contributed by atoms with Gasteiger partial charge < -0.3 is 0 Å². The summed E-state index contributed by atoms with van der Waals surface area (Å²) in [6, 6.07) is 9.52. The van der Waals surface area contributed by atoms with E-state index in [-0.39, 0.29) is 24.4 Å². The van der Waals surface area contributed by atoms with Gasteiger partial charge in [0.15, 0.2) is 4.90 Å². The molecule has 14 heteroatoms. The van der Waals surface area contributed by atoms with Crippen molar-refractivity contribution in [1.82, 2.24) is 15.6 Å². The summed E-state index contributed by atoms with van der Waals surface area (Å²) < 4.78 is 66.0. The van der Waals surface area contributed by atoms with Gasteiger partial charge in [-0.15, -0.1) is 0 Å². The quantitative estimate of drug-likeness (QED) is 0.372. The van der Waals surface area contributed by atoms with Crippen molar-refractivity contribution >= 4 is 27.5 Å². The minimum absolute atomic E-state index is 0.0976. The maximum Gasteiger partial charge on any atom is 0.416 e. The molecule has 1 aliphatic carbocycles. The number of nitrogens with one attached hydrogen (secondary N) is 3. The standard InChI is InChI=1S/C22H23F3N4O6S/c23-22(24,25)17-10-11-19(18(12-17)29(32)33)36(34,35)26-13-14-6-8-16(9-7-14)21(31)28-27-20(30)15-4-2-1-3-5-15/h1-5,10-12,14,16,26H,6-9,13H2,(H,27,30)(H,28,31). The second-order valence-electron chi connectivity index (χ2n) is 8.32. The number of rotatable bonds is 7. The van der Waals surface area contributed by atoms with Crippen molar-refractivity contribution < 1.29 is 36.1 Å². The first-order chi connectivity index (χ1) is 16.9. The van der Waals surface area contributed by atoms with Crippen LogP contribution in [-0.2, 0) is 21.0 Å². The molecule has 0 unspecified atom stereocenters. The first-order valence-electron chi connectivity index (χ1n) is 10.9. The minimum atomic E-state index is -4.87. The number of nitro benzene ring substituents is 1. The number of benzene rings is 2. The van der Waals surface area contributed by atoms with Crippen LogP contribution in [0.3, 0.4) is 0 Å². The summed E-state index contributed by atoms with van der Waals surface area (Å²) in [5.74, 6) is -1.43. The molecular formula is C22H23F3N4O6S. The normalized spacial score (nSPS) is 18.3. The lowest BCUT2D eigenvalue weighted by atomic mass is 9.82. The van der Waals surface area contributed by atoms with Gasteiger partial charge in [0.25, 0.3) is 11.6 Å². The first kappa shape index (κ1) is 27.1. The molecule has 0 saturated heterocycles. The molecule has 1 aliphatic rings. The van der Waals surface area contributed by atoms with Crippen LogP contribution in [0.15, 0.2) is 53.4 Å². The molecule has 0 radical (unpaired) electrons. The van der Waals surface area contributed by atoms with E-state index in [1.807, 2.05) is 0 Å². The number of carbonyl (C=O) groups excluding carboxylic acids is 2. The SMILES string of the molecule is O=C(NNC(=O)C1CCC(CNS(=O)(=O)c2ccc(C(F)(F)F)cc2[N+](=O)[O-])CC1)c1ccccc1. The van der Waals surface area contributed by atoms with Gasteiger partial charge in [0.2, 0.25) is 15.9 Å². The fourth-order valence-electron chi connectivity index (χ4n) is 3.88. The second kappa shape index (κ2) is 11.0. The monoisotopic (exact) mass is 528 g/mol. The molecule has 2 amide bonds. The number of halogens is 3. The Morgan fingerprint density at radius 2 is 1.64 bits per heavy atom. The van der Waals surface area contributed by atoms with Gasteiger partial charge in [0.05, 0.1) is 10.5 Å². The highest BCUT2D eigenvalue weighted by Crippen LogP contribution is 2.35. The van der Waals surface area contributed by atoms with E-state index < -0.39 is 49.1 Å². The molecule has 1 fully saturated rings. The van der Waals surface area contributed by atoms with Crippen LogP contribution in [-0.4, -0.2) is 31.7 Å². The lowest BCUT2D eigenvalue weighted by Gasteiger charge is -2.27. The van der Waals surface area contributed by atoms with Gasteiger partial charge in [-0.05, 0) is 55.9 Å². The predicted octanol–water partition coefficient (Wildman–Crippen LogP) is 3.16. The molecule has 2 aromatic carbocycles. The van der Waals surface area contributed by atoms with Crippen LogP contribution < -0.4 is 15.6 Å². The number of alkyl halides is 3. The Hall–Kier alpha value is -3.52. The highest BCUT2D eigenvalue weighted by atomic mass is 32.2. The molecule has 36 heavy (non-hydrogen) atoms. The lowest BCUT2D eigenvalue weighted by Crippen LogP contribution is -2.45. The summed E-state index contributed by atoms with van der Waals surface area (Å²) in [6.07, 6.45) is -3.11. The maximum absolute atomic E-state index is 12.9. The molecule has 0 aliphatic heterocycles. The van der Waals surface area contributed by atoms with Gasteiger partial charge >= 0.3 is 6.18 Å². The number of nitrogens with zero attached hydrogens (tertiary/aromatic N) is 1. The number of nitro groups is 1. The van der Waals surface area contributed by atoms with Crippen molar-refractivity contribution in [2.45, 2.75) is 36.8 Å². The van der Waals surface area contributed by atoms with Gasteiger partial charge in [-0.25, -0.2) is 13.1 Å². The number of hydrogen-bond donors (Lipinski definition) is 3.